The van der Waals surface area contributed by atoms with Gasteiger partial charge in [0.25, 0.3) is 5.91 Å². The minimum absolute atomic E-state index is 0.0515. The Bertz CT molecular complexity index is 1090. The molecule has 5 nitrogen and oxygen atoms in total. The van der Waals surface area contributed by atoms with E-state index in [9.17, 15) is 14.0 Å². The average Bonchev–Trinajstić information content (AvgIpc) is 2.89. The molecule has 1 unspecified atom stereocenters. The first-order chi connectivity index (χ1) is 17.0. The highest BCUT2D eigenvalue weighted by molar-refractivity contribution is 5.97. The summed E-state index contributed by atoms with van der Waals surface area (Å²) in [6.07, 6.45) is 0. The van der Waals surface area contributed by atoms with Crippen molar-refractivity contribution < 1.29 is 14.0 Å². The fourth-order valence-corrected chi connectivity index (χ4v) is 4.66. The van der Waals surface area contributed by atoms with Crippen LogP contribution in [0.5, 0.6) is 0 Å². The lowest BCUT2D eigenvalue weighted by molar-refractivity contribution is -0.136. The number of nitrogens with one attached hydrogen (secondary N) is 1. The third-order valence-corrected chi connectivity index (χ3v) is 6.56. The summed E-state index contributed by atoms with van der Waals surface area (Å²) in [7, 11) is 0. The Balaban J connectivity index is 1.45. The van der Waals surface area contributed by atoms with Gasteiger partial charge in [0.15, 0.2) is 0 Å². The third kappa shape index (κ3) is 5.77. The van der Waals surface area contributed by atoms with Gasteiger partial charge in [-0.1, -0.05) is 86.6 Å². The van der Waals surface area contributed by atoms with Crippen molar-refractivity contribution in [2.45, 2.75) is 25.9 Å². The number of rotatable bonds is 7. The molecule has 1 aliphatic heterocycles. The molecule has 3 aromatic carbocycles. The topological polar surface area (TPSA) is 52.7 Å². The maximum atomic E-state index is 14.1. The van der Waals surface area contributed by atoms with Crippen LogP contribution in [0.3, 0.4) is 0 Å². The molecule has 6 heteroatoms. The number of carbonyl (C=O) groups excluding carboxylic acids is 2. The molecule has 0 aromatic heterocycles. The zero-order valence-electron chi connectivity index (χ0n) is 20.2. The molecule has 3 aromatic rings. The first-order valence-electron chi connectivity index (χ1n) is 12.1. The highest BCUT2D eigenvalue weighted by atomic mass is 19.1. The number of piperazine rings is 1. The van der Waals surface area contributed by atoms with Gasteiger partial charge < -0.3 is 10.2 Å². The molecule has 4 rings (SSSR count). The molecular formula is C29H32FN3O2. The second-order valence-corrected chi connectivity index (χ2v) is 9.26. The molecule has 182 valence electrons. The standard InChI is InChI=1S/C29H32FN3O2/c1-21(2)26(31-28(34)24-15-9-10-16-25(24)30)29(35)33-19-17-32(18-20-33)27(22-11-5-3-6-12-22)23-13-7-4-8-14-23/h3-16,21,26-27H,17-20H2,1-2H3,(H,31,34). The number of benzene rings is 3. The van der Waals surface area contributed by atoms with E-state index >= 15 is 0 Å². The number of halogens is 1. The van der Waals surface area contributed by atoms with Crippen LogP contribution in [0, 0.1) is 11.7 Å². The normalized spacial score (nSPS) is 15.3. The van der Waals surface area contributed by atoms with Crippen LogP contribution in [-0.4, -0.2) is 53.8 Å². The van der Waals surface area contributed by atoms with Crippen molar-refractivity contribution in [3.63, 3.8) is 0 Å². The maximum absolute atomic E-state index is 14.1. The minimum atomic E-state index is -0.715. The lowest BCUT2D eigenvalue weighted by atomic mass is 9.96. The Hall–Kier alpha value is -3.51. The number of hydrogen-bond acceptors (Lipinski definition) is 3. The van der Waals surface area contributed by atoms with Crippen LogP contribution in [0.2, 0.25) is 0 Å². The van der Waals surface area contributed by atoms with E-state index in [2.05, 4.69) is 58.7 Å². The van der Waals surface area contributed by atoms with Crippen molar-refractivity contribution in [3.05, 3.63) is 107 Å². The van der Waals surface area contributed by atoms with Gasteiger partial charge in [0.2, 0.25) is 5.91 Å². The molecule has 1 saturated heterocycles. The Morgan fingerprint density at radius 2 is 1.29 bits per heavy atom. The van der Waals surface area contributed by atoms with Gasteiger partial charge in [-0.05, 0) is 29.2 Å². The fourth-order valence-electron chi connectivity index (χ4n) is 4.66. The van der Waals surface area contributed by atoms with Gasteiger partial charge >= 0.3 is 0 Å². The summed E-state index contributed by atoms with van der Waals surface area (Å²) >= 11 is 0. The molecule has 1 aliphatic rings. The number of hydrogen-bond donors (Lipinski definition) is 1. The van der Waals surface area contributed by atoms with Crippen molar-refractivity contribution in [1.29, 1.82) is 0 Å². The second-order valence-electron chi connectivity index (χ2n) is 9.26. The Morgan fingerprint density at radius 1 is 0.771 bits per heavy atom. The SMILES string of the molecule is CC(C)C(NC(=O)c1ccccc1F)C(=O)N1CCN(C(c2ccccc2)c2ccccc2)CC1. The first kappa shape index (κ1) is 24.6. The van der Waals surface area contributed by atoms with E-state index in [1.165, 1.54) is 29.3 Å². The zero-order valence-corrected chi connectivity index (χ0v) is 20.2. The molecule has 1 fully saturated rings. The van der Waals surface area contributed by atoms with Crippen LogP contribution >= 0.6 is 0 Å². The predicted molar refractivity (Wildman–Crippen MR) is 135 cm³/mol. The molecule has 0 saturated carbocycles. The largest absolute Gasteiger partial charge is 0.340 e. The summed E-state index contributed by atoms with van der Waals surface area (Å²) in [5, 5.41) is 2.77. The van der Waals surface area contributed by atoms with Crippen molar-refractivity contribution >= 4 is 11.8 Å². The first-order valence-corrected chi connectivity index (χ1v) is 12.1. The van der Waals surface area contributed by atoms with Crippen molar-refractivity contribution in [2.75, 3.05) is 26.2 Å². The van der Waals surface area contributed by atoms with E-state index in [4.69, 9.17) is 0 Å². The predicted octanol–water partition coefficient (Wildman–Crippen LogP) is 4.51. The van der Waals surface area contributed by atoms with Crippen LogP contribution in [0.1, 0.15) is 41.4 Å². The summed E-state index contributed by atoms with van der Waals surface area (Å²) < 4.78 is 14.1. The van der Waals surface area contributed by atoms with Crippen molar-refractivity contribution in [1.82, 2.24) is 15.1 Å². The Labute approximate surface area is 206 Å². The fraction of sp³-hybridized carbons (Fsp3) is 0.310. The summed E-state index contributed by atoms with van der Waals surface area (Å²) in [5.41, 5.74) is 2.38. The van der Waals surface area contributed by atoms with Crippen LogP contribution in [0.25, 0.3) is 0 Å². The number of amides is 2. The highest BCUT2D eigenvalue weighted by Crippen LogP contribution is 2.29. The van der Waals surface area contributed by atoms with Gasteiger partial charge in [0, 0.05) is 26.2 Å². The molecule has 35 heavy (non-hydrogen) atoms. The summed E-state index contributed by atoms with van der Waals surface area (Å²) in [4.78, 5) is 30.3. The van der Waals surface area contributed by atoms with Crippen molar-refractivity contribution in [3.8, 4) is 0 Å². The lowest BCUT2D eigenvalue weighted by Crippen LogP contribution is -2.56. The van der Waals surface area contributed by atoms with Crippen molar-refractivity contribution in [2.24, 2.45) is 5.92 Å². The van der Waals surface area contributed by atoms with E-state index in [1.807, 2.05) is 30.9 Å². The van der Waals surface area contributed by atoms with E-state index in [0.29, 0.717) is 26.2 Å². The monoisotopic (exact) mass is 473 g/mol. The minimum Gasteiger partial charge on any atom is -0.340 e. The molecule has 1 N–H and O–H groups in total. The number of carbonyl (C=O) groups is 2. The summed E-state index contributed by atoms with van der Waals surface area (Å²) in [6, 6.07) is 26.0. The maximum Gasteiger partial charge on any atom is 0.254 e. The van der Waals surface area contributed by atoms with Gasteiger partial charge in [-0.2, -0.15) is 0 Å². The van der Waals surface area contributed by atoms with Crippen LogP contribution < -0.4 is 5.32 Å². The Kier molecular flexibility index (Phi) is 7.93. The van der Waals surface area contributed by atoms with E-state index in [1.54, 1.807) is 6.07 Å². The summed E-state index contributed by atoms with van der Waals surface area (Å²) in [6.45, 7) is 6.34. The van der Waals surface area contributed by atoms with Gasteiger partial charge in [0.1, 0.15) is 11.9 Å². The molecular weight excluding hydrogens is 441 g/mol. The van der Waals surface area contributed by atoms with E-state index in [0.717, 1.165) is 0 Å². The molecule has 0 bridgehead atoms. The highest BCUT2D eigenvalue weighted by Gasteiger charge is 2.33. The van der Waals surface area contributed by atoms with E-state index < -0.39 is 17.8 Å². The summed E-state index contributed by atoms with van der Waals surface area (Å²) in [5.74, 6) is -1.42. The van der Waals surface area contributed by atoms with E-state index in [-0.39, 0.29) is 23.4 Å². The molecule has 1 heterocycles. The van der Waals surface area contributed by atoms with Gasteiger partial charge in [-0.25, -0.2) is 4.39 Å². The van der Waals surface area contributed by atoms with Gasteiger partial charge in [-0.15, -0.1) is 0 Å². The Morgan fingerprint density at radius 3 is 1.80 bits per heavy atom. The van der Waals surface area contributed by atoms with Gasteiger partial charge in [-0.3, -0.25) is 14.5 Å². The van der Waals surface area contributed by atoms with Gasteiger partial charge in [0.05, 0.1) is 11.6 Å². The quantitative estimate of drug-likeness (QED) is 0.549. The second kappa shape index (κ2) is 11.3. The number of nitrogens with zero attached hydrogens (tertiary/aromatic N) is 2. The third-order valence-electron chi connectivity index (χ3n) is 6.56. The zero-order chi connectivity index (χ0) is 24.8. The van der Waals surface area contributed by atoms with Crippen LogP contribution in [0.4, 0.5) is 4.39 Å². The average molecular weight is 474 g/mol. The molecule has 0 spiro atoms. The van der Waals surface area contributed by atoms with Crippen LogP contribution in [0.15, 0.2) is 84.9 Å². The lowest BCUT2D eigenvalue weighted by Gasteiger charge is -2.41. The smallest absolute Gasteiger partial charge is 0.254 e. The van der Waals surface area contributed by atoms with Crippen LogP contribution in [-0.2, 0) is 4.79 Å². The molecule has 0 aliphatic carbocycles. The molecule has 2 amide bonds. The molecule has 0 radical (unpaired) electrons. The molecule has 1 atom stereocenters.